The summed E-state index contributed by atoms with van der Waals surface area (Å²) < 4.78 is 12.1. The smallest absolute Gasteiger partial charge is 0.332 e. The van der Waals surface area contributed by atoms with Gasteiger partial charge in [-0.2, -0.15) is 4.98 Å². The Labute approximate surface area is 156 Å². The maximum absolute atomic E-state index is 13.2. The Morgan fingerprint density at radius 1 is 1.04 bits per heavy atom. The summed E-state index contributed by atoms with van der Waals surface area (Å²) >= 11 is 0. The van der Waals surface area contributed by atoms with Crippen LogP contribution in [0.4, 0.5) is 0 Å². The van der Waals surface area contributed by atoms with Gasteiger partial charge in [0.1, 0.15) is 0 Å². The van der Waals surface area contributed by atoms with Gasteiger partial charge in [0.25, 0.3) is 5.56 Å². The van der Waals surface area contributed by atoms with Gasteiger partial charge in [-0.05, 0) is 20.8 Å². The summed E-state index contributed by atoms with van der Waals surface area (Å²) in [5.74, 6) is 0.709. The summed E-state index contributed by atoms with van der Waals surface area (Å²) in [5.41, 5.74) is 2.37. The third-order valence-electron chi connectivity index (χ3n) is 5.69. The predicted octanol–water partition coefficient (Wildman–Crippen LogP) is 0.118. The number of imidazole rings is 2. The molecule has 3 aromatic rings. The number of morpholine rings is 1. The molecule has 1 aliphatic heterocycles. The minimum Gasteiger partial charge on any atom is -0.379 e. The number of fused-ring (bicyclic) bond motifs is 3. The largest absolute Gasteiger partial charge is 0.379 e. The van der Waals surface area contributed by atoms with Crippen molar-refractivity contribution in [2.75, 3.05) is 32.8 Å². The molecule has 9 heteroatoms. The molecule has 9 nitrogen and oxygen atoms in total. The van der Waals surface area contributed by atoms with Crippen molar-refractivity contribution in [3.05, 3.63) is 32.2 Å². The lowest BCUT2D eigenvalue weighted by atomic mass is 10.3. The van der Waals surface area contributed by atoms with Gasteiger partial charge in [0.2, 0.25) is 5.78 Å². The topological polar surface area (TPSA) is 78.7 Å². The molecule has 1 aliphatic rings. The first-order valence-electron chi connectivity index (χ1n) is 9.43. The molecule has 0 amide bonds. The molecular weight excluding hydrogens is 348 g/mol. The number of ether oxygens (including phenoxy) is 1. The molecule has 0 saturated carbocycles. The summed E-state index contributed by atoms with van der Waals surface area (Å²) in [6.45, 7) is 10.9. The highest BCUT2D eigenvalue weighted by Gasteiger charge is 2.22. The van der Waals surface area contributed by atoms with Crippen LogP contribution in [0.15, 0.2) is 9.59 Å². The zero-order valence-corrected chi connectivity index (χ0v) is 16.4. The molecule has 0 N–H and O–H groups in total. The van der Waals surface area contributed by atoms with E-state index in [2.05, 4.69) is 14.5 Å². The van der Waals surface area contributed by atoms with E-state index in [9.17, 15) is 9.59 Å². The van der Waals surface area contributed by atoms with Crippen LogP contribution >= 0.6 is 0 Å². The number of hydrogen-bond acceptors (Lipinski definition) is 5. The number of aromatic nitrogens is 5. The monoisotopic (exact) mass is 374 g/mol. The zero-order chi connectivity index (χ0) is 19.3. The first kappa shape index (κ1) is 18.0. The van der Waals surface area contributed by atoms with Gasteiger partial charge in [0.15, 0.2) is 11.2 Å². The zero-order valence-electron chi connectivity index (χ0n) is 16.4. The molecule has 0 unspecified atom stereocenters. The predicted molar refractivity (Wildman–Crippen MR) is 103 cm³/mol. The summed E-state index contributed by atoms with van der Waals surface area (Å²) in [4.78, 5) is 32.9. The Morgan fingerprint density at radius 3 is 2.41 bits per heavy atom. The molecule has 27 heavy (non-hydrogen) atoms. The van der Waals surface area contributed by atoms with Crippen LogP contribution in [0.25, 0.3) is 16.9 Å². The number of aryl methyl sites for hydroxylation is 3. The molecule has 1 fully saturated rings. The van der Waals surface area contributed by atoms with Crippen molar-refractivity contribution in [2.45, 2.75) is 33.9 Å². The molecule has 0 aliphatic carbocycles. The first-order valence-corrected chi connectivity index (χ1v) is 9.43. The van der Waals surface area contributed by atoms with Gasteiger partial charge < -0.3 is 9.30 Å². The standard InChI is InChI=1S/C18H26N6O3/c1-5-22-12(2)13(3)24-14-15(19-17(22)24)20(4)18(26)23(16(14)25)7-6-21-8-10-27-11-9-21/h5-11H2,1-4H3. The van der Waals surface area contributed by atoms with Crippen LogP contribution in [0.1, 0.15) is 18.3 Å². The van der Waals surface area contributed by atoms with Gasteiger partial charge in [-0.15, -0.1) is 0 Å². The molecule has 0 radical (unpaired) electrons. The van der Waals surface area contributed by atoms with E-state index in [-0.39, 0.29) is 11.2 Å². The SMILES string of the molecule is CCn1c(C)c(C)n2c3c(=O)n(CCN4CCOCC4)c(=O)n(C)c3nc12. The van der Waals surface area contributed by atoms with E-state index in [4.69, 9.17) is 4.74 Å². The quantitative estimate of drug-likeness (QED) is 0.648. The minimum absolute atomic E-state index is 0.273. The van der Waals surface area contributed by atoms with Crippen LogP contribution in [0.3, 0.4) is 0 Å². The Hall–Kier alpha value is -2.39. The number of hydrogen-bond donors (Lipinski definition) is 0. The van der Waals surface area contributed by atoms with Gasteiger partial charge in [-0.25, -0.2) is 4.79 Å². The van der Waals surface area contributed by atoms with Gasteiger partial charge in [-0.1, -0.05) is 0 Å². The molecule has 0 atom stereocenters. The van der Waals surface area contributed by atoms with Crippen molar-refractivity contribution in [3.63, 3.8) is 0 Å². The molecular formula is C18H26N6O3. The lowest BCUT2D eigenvalue weighted by molar-refractivity contribution is 0.0361. The summed E-state index contributed by atoms with van der Waals surface area (Å²) in [7, 11) is 1.68. The fourth-order valence-corrected chi connectivity index (χ4v) is 3.96. The van der Waals surface area contributed by atoms with Crippen LogP contribution in [0.5, 0.6) is 0 Å². The lowest BCUT2D eigenvalue weighted by Gasteiger charge is -2.26. The van der Waals surface area contributed by atoms with Crippen LogP contribution in [-0.2, 0) is 24.9 Å². The Balaban J connectivity index is 1.89. The fourth-order valence-electron chi connectivity index (χ4n) is 3.96. The second-order valence-corrected chi connectivity index (χ2v) is 7.09. The van der Waals surface area contributed by atoms with Crippen LogP contribution in [0.2, 0.25) is 0 Å². The molecule has 4 heterocycles. The molecule has 0 aromatic carbocycles. The normalized spacial score (nSPS) is 16.0. The van der Waals surface area contributed by atoms with Crippen molar-refractivity contribution in [3.8, 4) is 0 Å². The van der Waals surface area contributed by atoms with Crippen LogP contribution in [0, 0.1) is 13.8 Å². The average molecular weight is 374 g/mol. The first-order chi connectivity index (χ1) is 13.0. The minimum atomic E-state index is -0.320. The third-order valence-corrected chi connectivity index (χ3v) is 5.69. The molecule has 4 rings (SSSR count). The second-order valence-electron chi connectivity index (χ2n) is 7.09. The Kier molecular flexibility index (Phi) is 4.43. The number of rotatable bonds is 4. The lowest BCUT2D eigenvalue weighted by Crippen LogP contribution is -2.44. The van der Waals surface area contributed by atoms with E-state index >= 15 is 0 Å². The van der Waals surface area contributed by atoms with Crippen molar-refractivity contribution in [1.29, 1.82) is 0 Å². The highest BCUT2D eigenvalue weighted by atomic mass is 16.5. The molecule has 1 saturated heterocycles. The summed E-state index contributed by atoms with van der Waals surface area (Å²) in [6.07, 6.45) is 0. The van der Waals surface area contributed by atoms with E-state index in [1.807, 2.05) is 25.2 Å². The second kappa shape index (κ2) is 6.65. The van der Waals surface area contributed by atoms with Crippen molar-refractivity contribution in [1.82, 2.24) is 28.0 Å². The van der Waals surface area contributed by atoms with Gasteiger partial charge in [0, 0.05) is 51.2 Å². The fraction of sp³-hybridized carbons (Fsp3) is 0.611. The number of nitrogens with zero attached hydrogens (tertiary/aromatic N) is 6. The van der Waals surface area contributed by atoms with Gasteiger partial charge in [-0.3, -0.25) is 23.2 Å². The maximum Gasteiger partial charge on any atom is 0.332 e. The van der Waals surface area contributed by atoms with E-state index in [0.29, 0.717) is 43.2 Å². The molecule has 0 bridgehead atoms. The summed E-state index contributed by atoms with van der Waals surface area (Å²) in [5, 5.41) is 0. The van der Waals surface area contributed by atoms with Crippen molar-refractivity contribution >= 4 is 16.9 Å². The molecule has 0 spiro atoms. The van der Waals surface area contributed by atoms with Crippen LogP contribution < -0.4 is 11.2 Å². The van der Waals surface area contributed by atoms with Gasteiger partial charge in [0.05, 0.1) is 13.2 Å². The van der Waals surface area contributed by atoms with Crippen molar-refractivity contribution < 1.29 is 4.74 Å². The maximum atomic E-state index is 13.2. The molecule has 146 valence electrons. The Bertz CT molecular complexity index is 1130. The third kappa shape index (κ3) is 2.64. The Morgan fingerprint density at radius 2 is 1.74 bits per heavy atom. The van der Waals surface area contributed by atoms with E-state index in [1.165, 1.54) is 9.13 Å². The summed E-state index contributed by atoms with van der Waals surface area (Å²) in [6, 6.07) is 0. The highest BCUT2D eigenvalue weighted by Crippen LogP contribution is 2.20. The van der Waals surface area contributed by atoms with E-state index in [0.717, 1.165) is 31.0 Å². The van der Waals surface area contributed by atoms with Gasteiger partial charge >= 0.3 is 5.69 Å². The average Bonchev–Trinajstić information content (AvgIpc) is 3.17. The highest BCUT2D eigenvalue weighted by molar-refractivity contribution is 5.76. The van der Waals surface area contributed by atoms with E-state index < -0.39 is 0 Å². The van der Waals surface area contributed by atoms with Crippen LogP contribution in [-0.4, -0.2) is 60.8 Å². The van der Waals surface area contributed by atoms with E-state index in [1.54, 1.807) is 7.05 Å². The van der Waals surface area contributed by atoms with Crippen molar-refractivity contribution in [2.24, 2.45) is 7.05 Å². The molecule has 3 aromatic heterocycles.